The topological polar surface area (TPSA) is 85.6 Å². The summed E-state index contributed by atoms with van der Waals surface area (Å²) < 4.78 is 41.7. The number of fused-ring (bicyclic) bond motifs is 3. The zero-order valence-corrected chi connectivity index (χ0v) is 21.7. The van der Waals surface area contributed by atoms with Crippen LogP contribution in [0.1, 0.15) is 16.0 Å². The summed E-state index contributed by atoms with van der Waals surface area (Å²) in [6.45, 7) is 0. The number of nitrogens with zero attached hydrogens (tertiary/aromatic N) is 5. The summed E-state index contributed by atoms with van der Waals surface area (Å²) in [5.74, 6) is -0.254. The molecule has 1 N–H and O–H groups in total. The Labute approximate surface area is 219 Å². The third-order valence-electron chi connectivity index (χ3n) is 5.31. The van der Waals surface area contributed by atoms with Crippen molar-refractivity contribution in [2.75, 3.05) is 11.1 Å². The number of nitrogens with one attached hydrogen (secondary N) is 1. The van der Waals surface area contributed by atoms with Gasteiger partial charge in [-0.05, 0) is 29.8 Å². The van der Waals surface area contributed by atoms with Crippen molar-refractivity contribution in [3.05, 3.63) is 69.1 Å². The summed E-state index contributed by atoms with van der Waals surface area (Å²) in [5.41, 5.74) is 2.14. The molecule has 0 atom stereocenters. The first-order chi connectivity index (χ1) is 17.2. The molecule has 0 fully saturated rings. The van der Waals surface area contributed by atoms with Crippen LogP contribution in [0.25, 0.3) is 22.1 Å². The maximum atomic E-state index is 12.9. The second-order valence-electron chi connectivity index (χ2n) is 7.83. The third-order valence-corrected chi connectivity index (χ3v) is 7.55. The lowest BCUT2D eigenvalue weighted by molar-refractivity contribution is -0.137. The maximum absolute atomic E-state index is 12.9. The van der Waals surface area contributed by atoms with Gasteiger partial charge in [-0.25, -0.2) is 9.97 Å². The lowest BCUT2D eigenvalue weighted by atomic mass is 10.1. The molecule has 0 saturated heterocycles. The minimum absolute atomic E-state index is 0.0468. The first-order valence-corrected chi connectivity index (χ1v) is 13.1. The molecule has 1 amide bonds. The largest absolute Gasteiger partial charge is 0.416 e. The van der Waals surface area contributed by atoms with Crippen molar-refractivity contribution in [3.63, 3.8) is 0 Å². The van der Waals surface area contributed by atoms with Crippen LogP contribution in [0.3, 0.4) is 0 Å². The Morgan fingerprint density at radius 1 is 1.19 bits per heavy atom. The number of aryl methyl sites for hydroxylation is 1. The van der Waals surface area contributed by atoms with Crippen molar-refractivity contribution in [1.82, 2.24) is 24.7 Å². The molecular formula is C23H16BrF3N6OS2. The number of thiazole rings is 1. The molecule has 3 heterocycles. The number of hydrogen-bond donors (Lipinski definition) is 1. The molecule has 0 aliphatic heterocycles. The monoisotopic (exact) mass is 592 g/mol. The predicted octanol–water partition coefficient (Wildman–Crippen LogP) is 6.08. The molecule has 5 aromatic rings. The second-order valence-corrected chi connectivity index (χ2v) is 10.8. The fourth-order valence-electron chi connectivity index (χ4n) is 3.67. The van der Waals surface area contributed by atoms with Crippen LogP contribution in [-0.4, -0.2) is 36.4 Å². The maximum Gasteiger partial charge on any atom is 0.416 e. The minimum atomic E-state index is -4.39. The average Bonchev–Trinajstić information content (AvgIpc) is 3.38. The van der Waals surface area contributed by atoms with Gasteiger partial charge in [-0.3, -0.25) is 4.79 Å². The average molecular weight is 593 g/mol. The Bertz CT molecular complexity index is 1600. The van der Waals surface area contributed by atoms with E-state index in [1.165, 1.54) is 17.4 Å². The van der Waals surface area contributed by atoms with Gasteiger partial charge in [-0.1, -0.05) is 45.9 Å². The van der Waals surface area contributed by atoms with Gasteiger partial charge in [0, 0.05) is 34.4 Å². The van der Waals surface area contributed by atoms with Gasteiger partial charge in [0.25, 0.3) is 0 Å². The highest BCUT2D eigenvalue weighted by Gasteiger charge is 2.30. The summed E-state index contributed by atoms with van der Waals surface area (Å²) in [5, 5.41) is 12.8. The summed E-state index contributed by atoms with van der Waals surface area (Å²) in [4.78, 5) is 21.9. The molecule has 7 nitrogen and oxygen atoms in total. The SMILES string of the molecule is Cn1c2ccc(Br)cc2c2nnc(SCC(=O)Nc3ncc(Cc4cccc(C(F)(F)F)c4)s3)nc21. The van der Waals surface area contributed by atoms with E-state index < -0.39 is 11.7 Å². The van der Waals surface area contributed by atoms with Crippen molar-refractivity contribution in [3.8, 4) is 0 Å². The van der Waals surface area contributed by atoms with Crippen LogP contribution in [0.2, 0.25) is 0 Å². The lowest BCUT2D eigenvalue weighted by Crippen LogP contribution is -2.14. The third kappa shape index (κ3) is 5.22. The molecule has 0 aliphatic carbocycles. The number of alkyl halides is 3. The van der Waals surface area contributed by atoms with E-state index >= 15 is 0 Å². The van der Waals surface area contributed by atoms with Crippen LogP contribution in [0.4, 0.5) is 18.3 Å². The predicted molar refractivity (Wildman–Crippen MR) is 137 cm³/mol. The number of amides is 1. The van der Waals surface area contributed by atoms with Crippen molar-refractivity contribution < 1.29 is 18.0 Å². The van der Waals surface area contributed by atoms with Crippen LogP contribution >= 0.6 is 39.0 Å². The Morgan fingerprint density at radius 2 is 2.03 bits per heavy atom. The molecule has 13 heteroatoms. The molecule has 0 aliphatic rings. The van der Waals surface area contributed by atoms with Crippen LogP contribution < -0.4 is 5.32 Å². The Morgan fingerprint density at radius 3 is 2.83 bits per heavy atom. The van der Waals surface area contributed by atoms with E-state index in [-0.39, 0.29) is 18.1 Å². The van der Waals surface area contributed by atoms with Crippen LogP contribution in [-0.2, 0) is 24.4 Å². The first kappa shape index (κ1) is 24.7. The number of carbonyl (C=O) groups excluding carboxylic acids is 1. The van der Waals surface area contributed by atoms with E-state index in [2.05, 4.69) is 41.4 Å². The molecule has 36 heavy (non-hydrogen) atoms. The van der Waals surface area contributed by atoms with Gasteiger partial charge in [-0.2, -0.15) is 13.2 Å². The van der Waals surface area contributed by atoms with E-state index in [1.807, 2.05) is 29.8 Å². The number of aromatic nitrogens is 5. The smallest absolute Gasteiger partial charge is 0.327 e. The highest BCUT2D eigenvalue weighted by molar-refractivity contribution is 9.10. The van der Waals surface area contributed by atoms with E-state index in [0.717, 1.165) is 44.1 Å². The van der Waals surface area contributed by atoms with Crippen molar-refractivity contribution in [2.45, 2.75) is 17.8 Å². The highest BCUT2D eigenvalue weighted by atomic mass is 79.9. The molecule has 0 unspecified atom stereocenters. The molecule has 3 aromatic heterocycles. The number of hydrogen-bond acceptors (Lipinski definition) is 7. The van der Waals surface area contributed by atoms with Gasteiger partial charge in [0.15, 0.2) is 10.8 Å². The summed E-state index contributed by atoms with van der Waals surface area (Å²) in [6.07, 6.45) is -2.56. The molecule has 0 bridgehead atoms. The van der Waals surface area contributed by atoms with Crippen molar-refractivity contribution >= 4 is 72.1 Å². The van der Waals surface area contributed by atoms with Crippen LogP contribution in [0.5, 0.6) is 0 Å². The number of halogens is 4. The number of carbonyl (C=O) groups is 1. The zero-order chi connectivity index (χ0) is 25.4. The Kier molecular flexibility index (Phi) is 6.70. The number of rotatable bonds is 6. The minimum Gasteiger partial charge on any atom is -0.327 e. The summed E-state index contributed by atoms with van der Waals surface area (Å²) >= 11 is 5.83. The Hall–Kier alpha value is -3.03. The van der Waals surface area contributed by atoms with Crippen molar-refractivity contribution in [2.24, 2.45) is 7.05 Å². The molecule has 2 aromatic carbocycles. The van der Waals surface area contributed by atoms with E-state index in [0.29, 0.717) is 27.0 Å². The molecular weight excluding hydrogens is 577 g/mol. The first-order valence-electron chi connectivity index (χ1n) is 10.5. The Balaban J connectivity index is 1.22. The van der Waals surface area contributed by atoms with Gasteiger partial charge in [0.05, 0.1) is 16.8 Å². The van der Waals surface area contributed by atoms with Crippen LogP contribution in [0.15, 0.2) is 58.3 Å². The number of thioether (sulfide) groups is 1. The highest BCUT2D eigenvalue weighted by Crippen LogP contribution is 2.31. The molecule has 0 spiro atoms. The van der Waals surface area contributed by atoms with Crippen molar-refractivity contribution in [1.29, 1.82) is 0 Å². The molecule has 0 saturated carbocycles. The van der Waals surface area contributed by atoms with E-state index in [9.17, 15) is 18.0 Å². The van der Waals surface area contributed by atoms with Gasteiger partial charge in [-0.15, -0.1) is 21.5 Å². The van der Waals surface area contributed by atoms with E-state index in [4.69, 9.17) is 0 Å². The van der Waals surface area contributed by atoms with Gasteiger partial charge >= 0.3 is 6.18 Å². The zero-order valence-electron chi connectivity index (χ0n) is 18.5. The number of anilines is 1. The quantitative estimate of drug-likeness (QED) is 0.241. The number of benzene rings is 2. The molecule has 0 radical (unpaired) electrons. The summed E-state index contributed by atoms with van der Waals surface area (Å²) in [6, 6.07) is 11.0. The fraction of sp³-hybridized carbons (Fsp3) is 0.174. The molecule has 184 valence electrons. The van der Waals surface area contributed by atoms with Gasteiger partial charge < -0.3 is 9.88 Å². The summed E-state index contributed by atoms with van der Waals surface area (Å²) in [7, 11) is 1.90. The van der Waals surface area contributed by atoms with E-state index in [1.54, 1.807) is 12.3 Å². The van der Waals surface area contributed by atoms with Gasteiger partial charge in [0.1, 0.15) is 5.52 Å². The molecule has 5 rings (SSSR count). The standard InChI is InChI=1S/C23H16BrF3N6OS2/c1-33-17-6-5-14(24)9-16(17)19-20(33)30-22(32-31-19)35-11-18(34)29-21-28-10-15(36-21)8-12-3-2-4-13(7-12)23(25,26)27/h2-7,9-10H,8,11H2,1H3,(H,28,29,34). The van der Waals surface area contributed by atoms with Crippen LogP contribution in [0, 0.1) is 0 Å². The lowest BCUT2D eigenvalue weighted by Gasteiger charge is -2.07. The second kappa shape index (κ2) is 9.79. The fourth-order valence-corrected chi connectivity index (χ4v) is 5.47. The van der Waals surface area contributed by atoms with Gasteiger partial charge in [0.2, 0.25) is 11.1 Å². The normalized spacial score (nSPS) is 11.9.